The molecule has 0 amide bonds. The fraction of sp³-hybridized carbons (Fsp3) is 0.0909. The molecule has 1 aromatic rings. The van der Waals surface area contributed by atoms with E-state index in [1.54, 1.807) is 0 Å². The first kappa shape index (κ1) is 7.23. The van der Waals surface area contributed by atoms with Crippen molar-refractivity contribution in [2.45, 2.75) is 6.54 Å². The molecule has 0 spiro atoms. The maximum Gasteiger partial charge on any atom is 0.182 e. The topological polar surface area (TPSA) is 43.9 Å². The number of rotatable bonds is 0. The third-order valence-electron chi connectivity index (χ3n) is 2.83. The van der Waals surface area contributed by atoms with Gasteiger partial charge < -0.3 is 8.98 Å². The Morgan fingerprint density at radius 3 is 3.33 bits per heavy atom. The summed E-state index contributed by atoms with van der Waals surface area (Å²) in [7, 11) is 0. The van der Waals surface area contributed by atoms with E-state index in [1.165, 1.54) is 6.39 Å². The molecule has 72 valence electrons. The van der Waals surface area contributed by atoms with Crippen LogP contribution in [0, 0.1) is 0 Å². The van der Waals surface area contributed by atoms with Crippen LogP contribution in [0.3, 0.4) is 0 Å². The largest absolute Gasteiger partial charge is 0.441 e. The van der Waals surface area contributed by atoms with Crippen LogP contribution in [0.2, 0.25) is 0 Å². The summed E-state index contributed by atoms with van der Waals surface area (Å²) in [6, 6.07) is 2.03. The Morgan fingerprint density at radius 1 is 1.33 bits per heavy atom. The average Bonchev–Trinajstić information content (AvgIpc) is 2.90. The van der Waals surface area contributed by atoms with Gasteiger partial charge in [-0.25, -0.2) is 9.97 Å². The number of hydrogen-bond donors (Lipinski definition) is 0. The molecule has 4 nitrogen and oxygen atoms in total. The van der Waals surface area contributed by atoms with Crippen molar-refractivity contribution in [3.8, 4) is 11.4 Å². The summed E-state index contributed by atoms with van der Waals surface area (Å²) in [6.45, 7) is 0.904. The first-order valence-corrected chi connectivity index (χ1v) is 4.81. The first-order chi connectivity index (χ1) is 7.43. The second-order valence-corrected chi connectivity index (χ2v) is 3.64. The molecule has 0 unspecified atom stereocenters. The van der Waals surface area contributed by atoms with Crippen LogP contribution in [0.5, 0.6) is 0 Å². The van der Waals surface area contributed by atoms with E-state index in [4.69, 9.17) is 4.42 Å². The summed E-state index contributed by atoms with van der Waals surface area (Å²) in [6.07, 6.45) is 7.53. The van der Waals surface area contributed by atoms with Gasteiger partial charge >= 0.3 is 0 Å². The minimum Gasteiger partial charge on any atom is -0.441 e. The van der Waals surface area contributed by atoms with Gasteiger partial charge in [0.1, 0.15) is 11.2 Å². The number of allylic oxidation sites excluding steroid dienone is 1. The molecule has 4 heteroatoms. The lowest BCUT2D eigenvalue weighted by molar-refractivity contribution is 0.601. The number of hydrogen-bond acceptors (Lipinski definition) is 3. The highest BCUT2D eigenvalue weighted by molar-refractivity contribution is 5.93. The number of aromatic nitrogens is 3. The molecule has 1 aromatic heterocycles. The molecular weight excluding hydrogens is 190 g/mol. The summed E-state index contributed by atoms with van der Waals surface area (Å²) in [4.78, 5) is 8.55. The Labute approximate surface area is 85.2 Å². The van der Waals surface area contributed by atoms with Crippen LogP contribution >= 0.6 is 0 Å². The highest BCUT2D eigenvalue weighted by Crippen LogP contribution is 2.33. The van der Waals surface area contributed by atoms with E-state index in [2.05, 4.69) is 26.7 Å². The predicted octanol–water partition coefficient (Wildman–Crippen LogP) is 2.16. The third-order valence-corrected chi connectivity index (χ3v) is 2.83. The fourth-order valence-electron chi connectivity index (χ4n) is 2.13. The Hall–Kier alpha value is -2.10. The molecule has 0 radical (unpaired) electrons. The van der Waals surface area contributed by atoms with Gasteiger partial charge in [-0.2, -0.15) is 0 Å². The van der Waals surface area contributed by atoms with Crippen LogP contribution < -0.4 is 0 Å². The highest BCUT2D eigenvalue weighted by atomic mass is 16.3. The van der Waals surface area contributed by atoms with Gasteiger partial charge in [0.25, 0.3) is 0 Å². The maximum atomic E-state index is 5.32. The molecule has 0 N–H and O–H groups in total. The molecule has 1 aliphatic carbocycles. The lowest BCUT2D eigenvalue weighted by Crippen LogP contribution is -2.02. The van der Waals surface area contributed by atoms with E-state index in [-0.39, 0.29) is 0 Å². The Balaban J connectivity index is 2.21. The van der Waals surface area contributed by atoms with Gasteiger partial charge in [-0.3, -0.25) is 0 Å². The first-order valence-electron chi connectivity index (χ1n) is 4.81. The molecule has 3 aliphatic rings. The zero-order valence-corrected chi connectivity index (χ0v) is 7.84. The van der Waals surface area contributed by atoms with Gasteiger partial charge in [-0.1, -0.05) is 6.08 Å². The Morgan fingerprint density at radius 2 is 2.33 bits per heavy atom. The second-order valence-electron chi connectivity index (χ2n) is 3.64. The average molecular weight is 197 g/mol. The SMILES string of the molecule is C1=Cc2cnc3c4ocnc4cc-3n2C1. The normalized spacial score (nSPS) is 14.1. The van der Waals surface area contributed by atoms with Gasteiger partial charge in [-0.05, 0) is 12.1 Å². The molecule has 2 aliphatic heterocycles. The molecule has 0 bridgehead atoms. The summed E-state index contributed by atoms with van der Waals surface area (Å²) in [5.41, 5.74) is 4.79. The van der Waals surface area contributed by atoms with Gasteiger partial charge in [0.05, 0.1) is 17.6 Å². The summed E-state index contributed by atoms with van der Waals surface area (Å²) in [5.74, 6) is 0. The minimum atomic E-state index is 0.784. The van der Waals surface area contributed by atoms with Crippen molar-refractivity contribution in [1.29, 1.82) is 0 Å². The summed E-state index contributed by atoms with van der Waals surface area (Å²) in [5, 5.41) is 0. The van der Waals surface area contributed by atoms with Crippen molar-refractivity contribution >= 4 is 17.2 Å². The van der Waals surface area contributed by atoms with E-state index in [0.717, 1.165) is 34.7 Å². The van der Waals surface area contributed by atoms with Crippen LogP contribution in [-0.2, 0) is 6.54 Å². The minimum absolute atomic E-state index is 0.784. The van der Waals surface area contributed by atoms with E-state index >= 15 is 0 Å². The van der Waals surface area contributed by atoms with Crippen LogP contribution in [0.4, 0.5) is 0 Å². The van der Waals surface area contributed by atoms with Gasteiger partial charge in [0.15, 0.2) is 12.0 Å². The molecule has 0 aromatic carbocycles. The third kappa shape index (κ3) is 0.771. The smallest absolute Gasteiger partial charge is 0.182 e. The Bertz CT molecular complexity index is 662. The van der Waals surface area contributed by atoms with Gasteiger partial charge in [0, 0.05) is 6.54 Å². The van der Waals surface area contributed by atoms with Crippen LogP contribution in [0.1, 0.15) is 5.69 Å². The molecule has 3 heterocycles. The molecule has 0 fully saturated rings. The fourth-order valence-corrected chi connectivity index (χ4v) is 2.13. The van der Waals surface area contributed by atoms with Crippen molar-refractivity contribution in [2.24, 2.45) is 0 Å². The van der Waals surface area contributed by atoms with Crippen molar-refractivity contribution in [2.75, 3.05) is 0 Å². The Kier molecular flexibility index (Phi) is 1.10. The van der Waals surface area contributed by atoms with E-state index < -0.39 is 0 Å². The van der Waals surface area contributed by atoms with Gasteiger partial charge in [0.2, 0.25) is 0 Å². The lowest BCUT2D eigenvalue weighted by atomic mass is 10.3. The maximum absolute atomic E-state index is 5.32. The second kappa shape index (κ2) is 2.28. The number of oxazole rings is 1. The molecule has 4 rings (SSSR count). The van der Waals surface area contributed by atoms with Crippen molar-refractivity contribution in [3.63, 3.8) is 0 Å². The molecule has 0 saturated heterocycles. The molecule has 15 heavy (non-hydrogen) atoms. The highest BCUT2D eigenvalue weighted by Gasteiger charge is 2.20. The van der Waals surface area contributed by atoms with Gasteiger partial charge in [-0.15, -0.1) is 0 Å². The van der Waals surface area contributed by atoms with Crippen LogP contribution in [0.25, 0.3) is 28.6 Å². The van der Waals surface area contributed by atoms with Crippen molar-refractivity contribution < 1.29 is 4.42 Å². The van der Waals surface area contributed by atoms with E-state index in [9.17, 15) is 0 Å². The zero-order chi connectivity index (χ0) is 9.83. The molecule has 0 atom stereocenters. The molecular formula is C11H7N3O. The predicted molar refractivity (Wildman–Crippen MR) is 55.5 cm³/mol. The monoisotopic (exact) mass is 197 g/mol. The number of nitrogens with zero attached hydrogens (tertiary/aromatic N) is 3. The van der Waals surface area contributed by atoms with Crippen LogP contribution in [-0.4, -0.2) is 14.5 Å². The lowest BCUT2D eigenvalue weighted by Gasteiger charge is -2.09. The number of fused-ring (bicyclic) bond motifs is 5. The van der Waals surface area contributed by atoms with Crippen molar-refractivity contribution in [1.82, 2.24) is 14.5 Å². The van der Waals surface area contributed by atoms with Crippen LogP contribution in [0.15, 0.2) is 29.2 Å². The zero-order valence-electron chi connectivity index (χ0n) is 7.84. The standard InChI is InChI=1S/C11H7N3O/c1-2-7-5-12-10-9(14(7)3-1)4-8-11(10)15-6-13-8/h1-2,4-6H,3H2. The van der Waals surface area contributed by atoms with Crippen molar-refractivity contribution in [3.05, 3.63) is 30.4 Å². The summed E-state index contributed by atoms with van der Waals surface area (Å²) < 4.78 is 7.53. The van der Waals surface area contributed by atoms with E-state index in [1.807, 2.05) is 12.3 Å². The van der Waals surface area contributed by atoms with E-state index in [0.29, 0.717) is 0 Å². The quantitative estimate of drug-likeness (QED) is 0.554. The molecule has 0 saturated carbocycles. The summed E-state index contributed by atoms with van der Waals surface area (Å²) >= 11 is 0.